The third kappa shape index (κ3) is 4.17. The Morgan fingerprint density at radius 2 is 1.94 bits per heavy atom. The fourth-order valence-corrected chi connectivity index (χ4v) is 5.07. The van der Waals surface area contributed by atoms with E-state index in [4.69, 9.17) is 16.3 Å². The van der Waals surface area contributed by atoms with Gasteiger partial charge < -0.3 is 14.9 Å². The van der Waals surface area contributed by atoms with Crippen molar-refractivity contribution in [2.24, 2.45) is 0 Å². The molecule has 1 aliphatic rings. The molecule has 1 amide bonds. The molecule has 6 nitrogen and oxygen atoms in total. The standard InChI is InChI=1S/C26H24ClNO5S/c1-4-33-20-10-7-15(12-17(20)14(2)3)24(30)22-23(21-6-5-11-34-21)28(26(32)25(22)31)18-13-16(27)8-9-19(18)29/h5-14,23,29-30H,4H2,1-3H3/b24-22-. The summed E-state index contributed by atoms with van der Waals surface area (Å²) >= 11 is 7.47. The number of hydrogen-bond acceptors (Lipinski definition) is 6. The second-order valence-electron chi connectivity index (χ2n) is 8.16. The average Bonchev–Trinajstić information content (AvgIpc) is 3.42. The molecule has 2 N–H and O–H groups in total. The largest absolute Gasteiger partial charge is 0.507 e. The zero-order valence-electron chi connectivity index (χ0n) is 18.9. The van der Waals surface area contributed by atoms with Gasteiger partial charge in [0.2, 0.25) is 0 Å². The first-order valence-electron chi connectivity index (χ1n) is 10.8. The molecular weight excluding hydrogens is 474 g/mol. The number of carbonyl (C=O) groups excluding carboxylic acids is 2. The number of hydrogen-bond donors (Lipinski definition) is 2. The second-order valence-corrected chi connectivity index (χ2v) is 9.57. The van der Waals surface area contributed by atoms with Gasteiger partial charge in [-0.05, 0) is 66.2 Å². The van der Waals surface area contributed by atoms with Crippen molar-refractivity contribution in [3.8, 4) is 11.5 Å². The molecule has 0 spiro atoms. The van der Waals surface area contributed by atoms with Gasteiger partial charge in [-0.15, -0.1) is 11.3 Å². The summed E-state index contributed by atoms with van der Waals surface area (Å²) in [5, 5.41) is 23.9. The molecular formula is C26H24ClNO5S. The van der Waals surface area contributed by atoms with Crippen molar-refractivity contribution in [3.05, 3.63) is 80.5 Å². The highest BCUT2D eigenvalue weighted by Gasteiger charge is 2.48. The Morgan fingerprint density at radius 3 is 2.59 bits per heavy atom. The van der Waals surface area contributed by atoms with Crippen molar-refractivity contribution < 1.29 is 24.5 Å². The maximum atomic E-state index is 13.3. The van der Waals surface area contributed by atoms with Crippen LogP contribution in [0.1, 0.15) is 48.7 Å². The zero-order valence-corrected chi connectivity index (χ0v) is 20.5. The summed E-state index contributed by atoms with van der Waals surface area (Å²) in [4.78, 5) is 28.3. The van der Waals surface area contributed by atoms with Gasteiger partial charge in [0, 0.05) is 15.5 Å². The van der Waals surface area contributed by atoms with E-state index in [1.807, 2.05) is 26.2 Å². The molecule has 0 radical (unpaired) electrons. The van der Waals surface area contributed by atoms with E-state index in [1.54, 1.807) is 30.3 Å². The fourth-order valence-electron chi connectivity index (χ4n) is 4.08. The molecule has 176 valence electrons. The van der Waals surface area contributed by atoms with Crippen LogP contribution in [-0.4, -0.2) is 28.5 Å². The first-order valence-corrected chi connectivity index (χ1v) is 12.1. The van der Waals surface area contributed by atoms with Gasteiger partial charge in [-0.1, -0.05) is 31.5 Å². The number of phenolic OH excluding ortho intramolecular Hbond substituents is 1. The summed E-state index contributed by atoms with van der Waals surface area (Å²) in [6.07, 6.45) is 0. The van der Waals surface area contributed by atoms with Crippen LogP contribution < -0.4 is 9.64 Å². The fraction of sp³-hybridized carbons (Fsp3) is 0.231. The Labute approximate surface area is 206 Å². The first-order chi connectivity index (χ1) is 16.2. The Kier molecular flexibility index (Phi) is 6.68. The number of thiophene rings is 1. The lowest BCUT2D eigenvalue weighted by Crippen LogP contribution is -2.29. The van der Waals surface area contributed by atoms with Gasteiger partial charge in [-0.2, -0.15) is 0 Å². The quantitative estimate of drug-likeness (QED) is 0.238. The summed E-state index contributed by atoms with van der Waals surface area (Å²) in [5.74, 6) is -1.37. The van der Waals surface area contributed by atoms with E-state index in [9.17, 15) is 19.8 Å². The summed E-state index contributed by atoms with van der Waals surface area (Å²) < 4.78 is 5.71. The van der Waals surface area contributed by atoms with Gasteiger partial charge in [0.05, 0.1) is 17.9 Å². The molecule has 0 bridgehead atoms. The van der Waals surface area contributed by atoms with E-state index in [-0.39, 0.29) is 28.7 Å². The van der Waals surface area contributed by atoms with E-state index in [0.29, 0.717) is 27.8 Å². The molecule has 0 saturated carbocycles. The number of phenols is 1. The summed E-state index contributed by atoms with van der Waals surface area (Å²) in [6.45, 7) is 6.41. The normalized spacial score (nSPS) is 17.6. The Bertz CT molecular complexity index is 1280. The van der Waals surface area contributed by atoms with Crippen molar-refractivity contribution in [2.45, 2.75) is 32.7 Å². The molecule has 1 aliphatic heterocycles. The van der Waals surface area contributed by atoms with Crippen LogP contribution in [0.25, 0.3) is 5.76 Å². The van der Waals surface area contributed by atoms with Crippen LogP contribution in [0.4, 0.5) is 5.69 Å². The third-order valence-corrected chi connectivity index (χ3v) is 6.82. The topological polar surface area (TPSA) is 87.1 Å². The van der Waals surface area contributed by atoms with Gasteiger partial charge in [0.25, 0.3) is 11.7 Å². The molecule has 1 saturated heterocycles. The lowest BCUT2D eigenvalue weighted by molar-refractivity contribution is -0.132. The van der Waals surface area contributed by atoms with Crippen LogP contribution in [0.3, 0.4) is 0 Å². The highest BCUT2D eigenvalue weighted by molar-refractivity contribution is 7.10. The molecule has 1 aromatic heterocycles. The highest BCUT2D eigenvalue weighted by atomic mass is 35.5. The average molecular weight is 498 g/mol. The smallest absolute Gasteiger partial charge is 0.300 e. The molecule has 8 heteroatoms. The number of ether oxygens (including phenoxy) is 1. The number of aliphatic hydroxyl groups excluding tert-OH is 1. The van der Waals surface area contributed by atoms with Gasteiger partial charge in [0.15, 0.2) is 0 Å². The molecule has 3 aromatic rings. The maximum Gasteiger partial charge on any atom is 0.300 e. The molecule has 1 unspecified atom stereocenters. The predicted molar refractivity (Wildman–Crippen MR) is 134 cm³/mol. The van der Waals surface area contributed by atoms with Crippen LogP contribution in [-0.2, 0) is 9.59 Å². The minimum atomic E-state index is -0.918. The number of rotatable bonds is 6. The van der Waals surface area contributed by atoms with Crippen molar-refractivity contribution in [3.63, 3.8) is 0 Å². The number of anilines is 1. The van der Waals surface area contributed by atoms with Gasteiger partial charge in [0.1, 0.15) is 23.3 Å². The lowest BCUT2D eigenvalue weighted by Gasteiger charge is -2.25. The SMILES string of the molecule is CCOc1ccc(/C(O)=C2/C(=O)C(=O)N(c3cc(Cl)ccc3O)C2c2cccs2)cc1C(C)C. The molecule has 2 aromatic carbocycles. The number of Topliss-reactive ketones (excluding diaryl/α,β-unsaturated/α-hetero) is 1. The predicted octanol–water partition coefficient (Wildman–Crippen LogP) is 6.26. The van der Waals surface area contributed by atoms with E-state index in [0.717, 1.165) is 5.56 Å². The Hall–Kier alpha value is -3.29. The molecule has 4 rings (SSSR count). The van der Waals surface area contributed by atoms with Crippen LogP contribution in [0.2, 0.25) is 5.02 Å². The second kappa shape index (κ2) is 9.52. The van der Waals surface area contributed by atoms with E-state index in [1.165, 1.54) is 34.4 Å². The number of halogens is 1. The number of nitrogens with zero attached hydrogens (tertiary/aromatic N) is 1. The number of amides is 1. The van der Waals surface area contributed by atoms with Crippen molar-refractivity contribution in [1.82, 2.24) is 0 Å². The van der Waals surface area contributed by atoms with E-state index < -0.39 is 17.7 Å². The highest BCUT2D eigenvalue weighted by Crippen LogP contribution is 2.46. The van der Waals surface area contributed by atoms with Crippen LogP contribution in [0, 0.1) is 0 Å². The molecule has 1 atom stereocenters. The summed E-state index contributed by atoms with van der Waals surface area (Å²) in [6, 6.07) is 12.1. The molecule has 34 heavy (non-hydrogen) atoms. The van der Waals surface area contributed by atoms with Gasteiger partial charge >= 0.3 is 0 Å². The number of aromatic hydroxyl groups is 1. The number of aliphatic hydroxyl groups is 1. The van der Waals surface area contributed by atoms with Gasteiger partial charge in [-0.3, -0.25) is 14.5 Å². The first kappa shape index (κ1) is 23.9. The van der Waals surface area contributed by atoms with Crippen molar-refractivity contribution in [2.75, 3.05) is 11.5 Å². The van der Waals surface area contributed by atoms with Crippen LogP contribution in [0.15, 0.2) is 59.5 Å². The Balaban J connectivity index is 1.93. The number of benzene rings is 2. The number of ketones is 1. The van der Waals surface area contributed by atoms with Gasteiger partial charge in [-0.25, -0.2) is 0 Å². The minimum Gasteiger partial charge on any atom is -0.507 e. The summed E-state index contributed by atoms with van der Waals surface area (Å²) in [5.41, 5.74) is 1.33. The number of carbonyl (C=O) groups is 2. The summed E-state index contributed by atoms with van der Waals surface area (Å²) in [7, 11) is 0. The minimum absolute atomic E-state index is 0.0503. The third-order valence-electron chi connectivity index (χ3n) is 5.66. The van der Waals surface area contributed by atoms with E-state index in [2.05, 4.69) is 0 Å². The van der Waals surface area contributed by atoms with Crippen LogP contribution >= 0.6 is 22.9 Å². The monoisotopic (exact) mass is 497 g/mol. The lowest BCUT2D eigenvalue weighted by atomic mass is 9.95. The molecule has 2 heterocycles. The zero-order chi connectivity index (χ0) is 24.6. The van der Waals surface area contributed by atoms with Crippen molar-refractivity contribution >= 4 is 46.1 Å². The maximum absolute atomic E-state index is 13.3. The van der Waals surface area contributed by atoms with E-state index >= 15 is 0 Å². The molecule has 0 aliphatic carbocycles. The van der Waals surface area contributed by atoms with Crippen molar-refractivity contribution in [1.29, 1.82) is 0 Å². The van der Waals surface area contributed by atoms with Crippen LogP contribution in [0.5, 0.6) is 11.5 Å². The Morgan fingerprint density at radius 1 is 1.18 bits per heavy atom. The molecule has 1 fully saturated rings.